The Kier molecular flexibility index (Phi) is 16.4. The predicted octanol–water partition coefficient (Wildman–Crippen LogP) is 3.16. The highest BCUT2D eigenvalue weighted by Crippen LogP contribution is 2.31. The van der Waals surface area contributed by atoms with Gasteiger partial charge in [0.2, 0.25) is 22.2 Å². The second-order valence-electron chi connectivity index (χ2n) is 12.8. The summed E-state index contributed by atoms with van der Waals surface area (Å²) in [5.41, 5.74) is 1.31. The highest BCUT2D eigenvalue weighted by Gasteiger charge is 2.41. The maximum absolute atomic E-state index is 12.0. The number of nitrogens with zero attached hydrogens (tertiary/aromatic N) is 2. The third kappa shape index (κ3) is 12.5. The Hall–Kier alpha value is -5.03. The van der Waals surface area contributed by atoms with E-state index in [-0.39, 0.29) is 16.6 Å². The smallest absolute Gasteiger partial charge is 0.349 e. The summed E-state index contributed by atoms with van der Waals surface area (Å²) in [5, 5.41) is 18.5. The Balaban J connectivity index is 0.000000285. The van der Waals surface area contributed by atoms with Crippen molar-refractivity contribution in [2.75, 3.05) is 45.6 Å². The van der Waals surface area contributed by atoms with E-state index in [1.165, 1.54) is 60.4 Å². The van der Waals surface area contributed by atoms with Crippen molar-refractivity contribution in [3.05, 3.63) is 95.6 Å². The Morgan fingerprint density at radius 1 is 0.815 bits per heavy atom. The highest BCUT2D eigenvalue weighted by atomic mass is 32.2. The van der Waals surface area contributed by atoms with Gasteiger partial charge in [-0.05, 0) is 80.6 Å². The first kappa shape index (κ1) is 43.4. The molecule has 4 N–H and O–H groups in total. The molecule has 3 aromatic rings. The van der Waals surface area contributed by atoms with Crippen LogP contribution in [0.25, 0.3) is 0 Å². The van der Waals surface area contributed by atoms with E-state index in [0.717, 1.165) is 43.9 Å². The van der Waals surface area contributed by atoms with Gasteiger partial charge in [0.05, 0.1) is 17.4 Å². The van der Waals surface area contributed by atoms with Crippen molar-refractivity contribution in [1.29, 1.82) is 0 Å². The lowest BCUT2D eigenvalue weighted by Gasteiger charge is -2.36. The third-order valence-electron chi connectivity index (χ3n) is 8.95. The summed E-state index contributed by atoms with van der Waals surface area (Å²) >= 11 is 0. The van der Waals surface area contributed by atoms with Gasteiger partial charge in [0.15, 0.2) is 11.5 Å². The average Bonchev–Trinajstić information content (AvgIpc) is 3.15. The van der Waals surface area contributed by atoms with Crippen LogP contribution in [0.1, 0.15) is 53.0 Å². The molecule has 0 amide bonds. The lowest BCUT2D eigenvalue weighted by atomic mass is 9.96. The van der Waals surface area contributed by atoms with E-state index in [1.807, 2.05) is 6.07 Å². The fourth-order valence-electron chi connectivity index (χ4n) is 6.06. The van der Waals surface area contributed by atoms with E-state index in [1.54, 1.807) is 16.4 Å². The molecule has 0 radical (unpaired) electrons. The minimum absolute atomic E-state index is 0. The maximum atomic E-state index is 12.0. The molecule has 15 nitrogen and oxygen atoms in total. The third-order valence-corrected chi connectivity index (χ3v) is 10.3. The number of carboxylic acid groups (broad SMARTS) is 2. The van der Waals surface area contributed by atoms with Crippen LogP contribution in [0.2, 0.25) is 0 Å². The number of sulfonamides is 1. The molecule has 2 heterocycles. The molecule has 2 aliphatic heterocycles. The zero-order valence-electron chi connectivity index (χ0n) is 30.5. The molecule has 3 aromatic carbocycles. The van der Waals surface area contributed by atoms with Crippen molar-refractivity contribution < 1.29 is 62.2 Å². The summed E-state index contributed by atoms with van der Waals surface area (Å²) in [5.74, 6) is -3.39. The number of carboxylic acids is 2. The van der Waals surface area contributed by atoms with Crippen LogP contribution in [-0.4, -0.2) is 121 Å². The van der Waals surface area contributed by atoms with Crippen LogP contribution >= 0.6 is 0 Å². The van der Waals surface area contributed by atoms with E-state index in [2.05, 4.69) is 30.9 Å². The minimum atomic E-state index is -3.05. The Labute approximate surface area is 314 Å². The number of benzene rings is 3. The summed E-state index contributed by atoms with van der Waals surface area (Å²) in [7, 11) is -3.05. The van der Waals surface area contributed by atoms with Crippen molar-refractivity contribution in [2.45, 2.75) is 51.4 Å². The van der Waals surface area contributed by atoms with Crippen LogP contribution in [-0.2, 0) is 35.5 Å². The van der Waals surface area contributed by atoms with Crippen molar-refractivity contribution in [1.82, 2.24) is 9.21 Å². The van der Waals surface area contributed by atoms with Gasteiger partial charge >= 0.3 is 23.9 Å². The van der Waals surface area contributed by atoms with Crippen LogP contribution in [0.4, 0.5) is 0 Å². The van der Waals surface area contributed by atoms with Crippen molar-refractivity contribution in [2.24, 2.45) is 5.92 Å². The number of esters is 2. The number of likely N-dealkylation sites (N-methyl/N-ethyl adjacent to an activating group) is 1. The molecule has 3 atom stereocenters. The number of carbonyl (C=O) groups is 4. The number of ether oxygens (including phenoxy) is 4. The molecule has 0 bridgehead atoms. The molecule has 0 aliphatic carbocycles. The van der Waals surface area contributed by atoms with E-state index < -0.39 is 46.1 Å². The lowest BCUT2D eigenvalue weighted by molar-refractivity contribution is -0.166. The Morgan fingerprint density at radius 2 is 1.30 bits per heavy atom. The topological polar surface area (TPSA) is 218 Å². The predicted molar refractivity (Wildman–Crippen MR) is 197 cm³/mol. The summed E-state index contributed by atoms with van der Waals surface area (Å²) in [4.78, 5) is 49.4. The van der Waals surface area contributed by atoms with E-state index >= 15 is 0 Å². The zero-order chi connectivity index (χ0) is 38.5. The second-order valence-corrected chi connectivity index (χ2v) is 14.8. The average molecular weight is 773 g/mol. The summed E-state index contributed by atoms with van der Waals surface area (Å²) < 4.78 is 45.8. The van der Waals surface area contributed by atoms with Crippen LogP contribution in [0.15, 0.2) is 78.9 Å². The standard InChI is InChI=1S/C20H32N2O4S.C18H14O8.H2O/c1-4-21(15-17-7-9-22(10-8-17)27(3,23)24)16(2)13-18-5-6-19-20(14-18)26-12-11-25-19;19-15(20)13(25-17(23)11-7-3-1-4-8-11)14(16(21)22)26-18(24)12-9-5-2-6-10-12;/h5-6,14,16-17H,4,7-13,15H2,1-3H3;1-10,13-14H,(H,19,20)(H,21,22);1H2/t;13-,14-;/m.1./s1. The number of fused-ring (bicyclic) bond motifs is 1. The van der Waals surface area contributed by atoms with Gasteiger partial charge in [-0.25, -0.2) is 31.9 Å². The fourth-order valence-corrected chi connectivity index (χ4v) is 6.93. The first-order valence-electron chi connectivity index (χ1n) is 17.3. The van der Waals surface area contributed by atoms with Gasteiger partial charge in [0.1, 0.15) is 13.2 Å². The second kappa shape index (κ2) is 20.4. The number of hydrogen-bond donors (Lipinski definition) is 2. The molecule has 1 fully saturated rings. The normalized spacial score (nSPS) is 16.0. The molecule has 0 saturated carbocycles. The van der Waals surface area contributed by atoms with Gasteiger partial charge in [0, 0.05) is 25.7 Å². The van der Waals surface area contributed by atoms with Crippen molar-refractivity contribution >= 4 is 33.9 Å². The van der Waals surface area contributed by atoms with Gasteiger partial charge in [-0.3, -0.25) is 0 Å². The molecule has 16 heteroatoms. The monoisotopic (exact) mass is 772 g/mol. The van der Waals surface area contributed by atoms with E-state index in [9.17, 15) is 37.8 Å². The molecule has 54 heavy (non-hydrogen) atoms. The van der Waals surface area contributed by atoms with Gasteiger partial charge in [-0.2, -0.15) is 0 Å². The number of carbonyl (C=O) groups excluding carboxylic acids is 2. The van der Waals surface area contributed by atoms with Gasteiger partial charge in [-0.15, -0.1) is 0 Å². The molecule has 0 aromatic heterocycles. The van der Waals surface area contributed by atoms with Gasteiger partial charge in [0.25, 0.3) is 0 Å². The first-order chi connectivity index (χ1) is 25.3. The number of hydrogen-bond acceptors (Lipinski definition) is 11. The molecular weight excluding hydrogens is 724 g/mol. The van der Waals surface area contributed by atoms with Crippen LogP contribution in [0, 0.1) is 5.92 Å². The fraction of sp³-hybridized carbons (Fsp3) is 0.421. The largest absolute Gasteiger partial charge is 0.486 e. The molecule has 0 spiro atoms. The zero-order valence-corrected chi connectivity index (χ0v) is 31.3. The summed E-state index contributed by atoms with van der Waals surface area (Å²) in [6.45, 7) is 9.02. The Morgan fingerprint density at radius 3 is 1.74 bits per heavy atom. The molecular formula is C38H48N2O13S. The molecule has 2 aliphatic rings. The minimum Gasteiger partial charge on any atom is -0.486 e. The quantitative estimate of drug-likeness (QED) is 0.225. The van der Waals surface area contributed by atoms with Crippen molar-refractivity contribution in [3.8, 4) is 11.5 Å². The molecule has 1 saturated heterocycles. The van der Waals surface area contributed by atoms with Crippen LogP contribution < -0.4 is 9.47 Å². The van der Waals surface area contributed by atoms with E-state index in [4.69, 9.17) is 18.9 Å². The highest BCUT2D eigenvalue weighted by molar-refractivity contribution is 7.88. The summed E-state index contributed by atoms with van der Waals surface area (Å²) in [6, 6.07) is 21.5. The molecule has 5 rings (SSSR count). The van der Waals surface area contributed by atoms with Crippen molar-refractivity contribution in [3.63, 3.8) is 0 Å². The maximum Gasteiger partial charge on any atom is 0.349 e. The Bertz CT molecular complexity index is 1730. The number of rotatable bonds is 14. The number of aliphatic carboxylic acids is 2. The SMILES string of the molecule is CCN(CC1CCN(S(C)(=O)=O)CC1)C(C)Cc1ccc2c(c1)OCCO2.O.O=C(O[C@@H](C(=O)O)[C@@H](OC(=O)c1ccccc1)C(=O)O)c1ccccc1. The van der Waals surface area contributed by atoms with Gasteiger partial charge in [-0.1, -0.05) is 49.4 Å². The number of piperidine rings is 1. The summed E-state index contributed by atoms with van der Waals surface area (Å²) in [6.07, 6.45) is -0.269. The van der Waals surface area contributed by atoms with Gasteiger partial charge < -0.3 is 39.5 Å². The molecule has 294 valence electrons. The molecule has 1 unspecified atom stereocenters. The lowest BCUT2D eigenvalue weighted by Crippen LogP contribution is -2.45. The van der Waals surface area contributed by atoms with Crippen LogP contribution in [0.3, 0.4) is 0 Å². The first-order valence-corrected chi connectivity index (χ1v) is 19.2. The van der Waals surface area contributed by atoms with Crippen LogP contribution in [0.5, 0.6) is 11.5 Å². The van der Waals surface area contributed by atoms with E-state index in [0.29, 0.717) is 38.3 Å².